The van der Waals surface area contributed by atoms with Crippen LogP contribution in [-0.2, 0) is 4.74 Å². The molecule has 1 amide bonds. The van der Waals surface area contributed by atoms with Crippen LogP contribution in [-0.4, -0.2) is 24.7 Å². The molecule has 1 saturated heterocycles. The third-order valence-corrected chi connectivity index (χ3v) is 4.23. The Labute approximate surface area is 116 Å². The van der Waals surface area contributed by atoms with Crippen LogP contribution >= 0.6 is 15.9 Å². The SMILES string of the molecule is Cc1cc(C(=O)NCC2(C)CCCO2)ccc1Br. The molecule has 0 aliphatic carbocycles. The lowest BCUT2D eigenvalue weighted by molar-refractivity contribution is 0.0206. The Morgan fingerprint density at radius 1 is 1.56 bits per heavy atom. The lowest BCUT2D eigenvalue weighted by Gasteiger charge is -2.23. The van der Waals surface area contributed by atoms with Crippen molar-refractivity contribution in [3.8, 4) is 0 Å². The fraction of sp³-hybridized carbons (Fsp3) is 0.500. The van der Waals surface area contributed by atoms with Crippen molar-refractivity contribution in [1.29, 1.82) is 0 Å². The highest BCUT2D eigenvalue weighted by Crippen LogP contribution is 2.24. The van der Waals surface area contributed by atoms with Gasteiger partial charge in [-0.25, -0.2) is 0 Å². The molecule has 1 aromatic rings. The Morgan fingerprint density at radius 3 is 2.94 bits per heavy atom. The lowest BCUT2D eigenvalue weighted by Crippen LogP contribution is -2.40. The van der Waals surface area contributed by atoms with Crippen LogP contribution in [0.4, 0.5) is 0 Å². The molecule has 0 aromatic heterocycles. The largest absolute Gasteiger partial charge is 0.373 e. The van der Waals surface area contributed by atoms with E-state index in [0.29, 0.717) is 12.1 Å². The molecule has 2 rings (SSSR count). The Bertz CT molecular complexity index is 453. The van der Waals surface area contributed by atoms with E-state index >= 15 is 0 Å². The minimum atomic E-state index is -0.194. The van der Waals surface area contributed by atoms with Crippen LogP contribution < -0.4 is 5.32 Å². The predicted octanol–water partition coefficient (Wildman–Crippen LogP) is 3.06. The standard InChI is InChI=1S/C14H18BrNO2/c1-10-8-11(4-5-12(10)15)13(17)16-9-14(2)6-3-7-18-14/h4-5,8H,3,6-7,9H2,1-2H3,(H,16,17). The molecular formula is C14H18BrNO2. The second-order valence-electron chi connectivity index (χ2n) is 5.05. The van der Waals surface area contributed by atoms with Crippen molar-refractivity contribution in [2.24, 2.45) is 0 Å². The van der Waals surface area contributed by atoms with Gasteiger partial charge in [0.25, 0.3) is 5.91 Å². The normalized spacial score (nSPS) is 23.1. The average molecular weight is 312 g/mol. The summed E-state index contributed by atoms with van der Waals surface area (Å²) in [6.07, 6.45) is 2.08. The average Bonchev–Trinajstić information content (AvgIpc) is 2.77. The molecule has 1 atom stereocenters. The van der Waals surface area contributed by atoms with Gasteiger partial charge in [0.05, 0.1) is 5.60 Å². The van der Waals surface area contributed by atoms with E-state index in [1.54, 1.807) is 0 Å². The van der Waals surface area contributed by atoms with E-state index in [1.807, 2.05) is 32.0 Å². The highest BCUT2D eigenvalue weighted by Gasteiger charge is 2.30. The molecule has 1 unspecified atom stereocenters. The molecule has 1 N–H and O–H groups in total. The maximum atomic E-state index is 12.0. The molecule has 0 bridgehead atoms. The van der Waals surface area contributed by atoms with Crippen LogP contribution in [0.5, 0.6) is 0 Å². The van der Waals surface area contributed by atoms with Crippen LogP contribution in [0, 0.1) is 6.92 Å². The zero-order valence-electron chi connectivity index (χ0n) is 10.8. The van der Waals surface area contributed by atoms with Gasteiger partial charge in [-0.3, -0.25) is 4.79 Å². The van der Waals surface area contributed by atoms with Crippen molar-refractivity contribution in [3.05, 3.63) is 33.8 Å². The minimum Gasteiger partial charge on any atom is -0.373 e. The van der Waals surface area contributed by atoms with Crippen molar-refractivity contribution in [3.63, 3.8) is 0 Å². The molecule has 1 aliphatic rings. The topological polar surface area (TPSA) is 38.3 Å². The number of ether oxygens (including phenoxy) is 1. The zero-order chi connectivity index (χ0) is 13.2. The van der Waals surface area contributed by atoms with Gasteiger partial charge < -0.3 is 10.1 Å². The molecular weight excluding hydrogens is 294 g/mol. The van der Waals surface area contributed by atoms with Crippen molar-refractivity contribution in [1.82, 2.24) is 5.32 Å². The second-order valence-corrected chi connectivity index (χ2v) is 5.90. The highest BCUT2D eigenvalue weighted by molar-refractivity contribution is 9.10. The molecule has 1 fully saturated rings. The van der Waals surface area contributed by atoms with Crippen LogP contribution in [0.3, 0.4) is 0 Å². The fourth-order valence-electron chi connectivity index (χ4n) is 2.13. The first-order chi connectivity index (χ1) is 8.50. The van der Waals surface area contributed by atoms with Gasteiger partial charge in [0.2, 0.25) is 0 Å². The van der Waals surface area contributed by atoms with Crippen molar-refractivity contribution < 1.29 is 9.53 Å². The van der Waals surface area contributed by atoms with Gasteiger partial charge in [0.15, 0.2) is 0 Å². The van der Waals surface area contributed by atoms with Gasteiger partial charge in [-0.1, -0.05) is 15.9 Å². The fourth-order valence-corrected chi connectivity index (χ4v) is 2.38. The first kappa shape index (κ1) is 13.6. The molecule has 3 nitrogen and oxygen atoms in total. The number of rotatable bonds is 3. The molecule has 4 heteroatoms. The summed E-state index contributed by atoms with van der Waals surface area (Å²) < 4.78 is 6.67. The third kappa shape index (κ3) is 3.12. The van der Waals surface area contributed by atoms with Crippen LogP contribution in [0.1, 0.15) is 35.7 Å². The van der Waals surface area contributed by atoms with E-state index < -0.39 is 0 Å². The molecule has 18 heavy (non-hydrogen) atoms. The van der Waals surface area contributed by atoms with Crippen molar-refractivity contribution in [2.75, 3.05) is 13.2 Å². The minimum absolute atomic E-state index is 0.0395. The quantitative estimate of drug-likeness (QED) is 0.931. The molecule has 0 radical (unpaired) electrons. The molecule has 1 aliphatic heterocycles. The van der Waals surface area contributed by atoms with Crippen molar-refractivity contribution >= 4 is 21.8 Å². The number of halogens is 1. The smallest absolute Gasteiger partial charge is 0.251 e. The maximum absolute atomic E-state index is 12.0. The molecule has 1 aromatic carbocycles. The number of aryl methyl sites for hydroxylation is 1. The van der Waals surface area contributed by atoms with Gasteiger partial charge in [0.1, 0.15) is 0 Å². The predicted molar refractivity (Wildman–Crippen MR) is 74.8 cm³/mol. The Kier molecular flexibility index (Phi) is 4.07. The van der Waals surface area contributed by atoms with E-state index in [2.05, 4.69) is 21.2 Å². The second kappa shape index (κ2) is 5.41. The third-order valence-electron chi connectivity index (χ3n) is 3.34. The van der Waals surface area contributed by atoms with Gasteiger partial charge in [0, 0.05) is 23.2 Å². The highest BCUT2D eigenvalue weighted by atomic mass is 79.9. The summed E-state index contributed by atoms with van der Waals surface area (Å²) in [7, 11) is 0. The summed E-state index contributed by atoms with van der Waals surface area (Å²) in [6, 6.07) is 5.61. The number of carbonyl (C=O) groups is 1. The van der Waals surface area contributed by atoms with E-state index in [4.69, 9.17) is 4.74 Å². The number of amides is 1. The number of nitrogens with one attached hydrogen (secondary N) is 1. The molecule has 0 saturated carbocycles. The Morgan fingerprint density at radius 2 is 2.33 bits per heavy atom. The summed E-state index contributed by atoms with van der Waals surface area (Å²) in [6.45, 7) is 5.39. The van der Waals surface area contributed by atoms with Crippen LogP contribution in [0.2, 0.25) is 0 Å². The van der Waals surface area contributed by atoms with E-state index in [9.17, 15) is 4.79 Å². The monoisotopic (exact) mass is 311 g/mol. The number of carbonyl (C=O) groups excluding carboxylic acids is 1. The molecule has 0 spiro atoms. The summed E-state index contributed by atoms with van der Waals surface area (Å²) in [5, 5.41) is 2.95. The van der Waals surface area contributed by atoms with Crippen LogP contribution in [0.15, 0.2) is 22.7 Å². The number of hydrogen-bond donors (Lipinski definition) is 1. The Balaban J connectivity index is 1.97. The van der Waals surface area contributed by atoms with Crippen LogP contribution in [0.25, 0.3) is 0 Å². The lowest BCUT2D eigenvalue weighted by atomic mass is 10.0. The summed E-state index contributed by atoms with van der Waals surface area (Å²) >= 11 is 3.43. The number of hydrogen-bond acceptors (Lipinski definition) is 2. The molecule has 98 valence electrons. The maximum Gasteiger partial charge on any atom is 0.251 e. The zero-order valence-corrected chi connectivity index (χ0v) is 12.3. The molecule has 1 heterocycles. The first-order valence-corrected chi connectivity index (χ1v) is 6.98. The summed E-state index contributed by atoms with van der Waals surface area (Å²) in [5.41, 5.74) is 1.56. The Hall–Kier alpha value is -0.870. The van der Waals surface area contributed by atoms with E-state index in [1.165, 1.54) is 0 Å². The van der Waals surface area contributed by atoms with E-state index in [-0.39, 0.29) is 11.5 Å². The summed E-state index contributed by atoms with van der Waals surface area (Å²) in [4.78, 5) is 12.0. The van der Waals surface area contributed by atoms with Gasteiger partial charge in [-0.15, -0.1) is 0 Å². The van der Waals surface area contributed by atoms with Crippen molar-refractivity contribution in [2.45, 2.75) is 32.3 Å². The van der Waals surface area contributed by atoms with Gasteiger partial charge >= 0.3 is 0 Å². The van der Waals surface area contributed by atoms with Gasteiger partial charge in [-0.05, 0) is 50.5 Å². The number of benzene rings is 1. The van der Waals surface area contributed by atoms with E-state index in [0.717, 1.165) is 29.5 Å². The summed E-state index contributed by atoms with van der Waals surface area (Å²) in [5.74, 6) is -0.0395. The van der Waals surface area contributed by atoms with Gasteiger partial charge in [-0.2, -0.15) is 0 Å². The first-order valence-electron chi connectivity index (χ1n) is 6.18.